The maximum absolute atomic E-state index is 13.0. The number of aromatic amines is 1. The number of ether oxygens (including phenoxy) is 2. The molecule has 0 fully saturated rings. The highest BCUT2D eigenvalue weighted by molar-refractivity contribution is 7.80. The zero-order valence-corrected chi connectivity index (χ0v) is 20.1. The smallest absolute Gasteiger partial charge is 0.253 e. The number of hydrogen-bond acceptors (Lipinski definition) is 5. The van der Waals surface area contributed by atoms with E-state index in [-0.39, 0.29) is 11.6 Å². The summed E-state index contributed by atoms with van der Waals surface area (Å²) < 4.78 is 16.3. The van der Waals surface area contributed by atoms with Crippen molar-refractivity contribution in [2.75, 3.05) is 14.2 Å². The number of fused-ring (bicyclic) bond motifs is 1. The van der Waals surface area contributed by atoms with Gasteiger partial charge in [-0.25, -0.2) is 0 Å². The molecule has 2 N–H and O–H groups in total. The molecule has 0 amide bonds. The Labute approximate surface area is 203 Å². The second-order valence-electron chi connectivity index (χ2n) is 7.94. The molecular formula is C26H27N3O4S. The van der Waals surface area contributed by atoms with Crippen LogP contribution in [0.3, 0.4) is 0 Å². The zero-order chi connectivity index (χ0) is 24.1. The standard InChI is InChI=1S/C26H27N3O4S/c1-17(18-8-5-4-6-9-18)27-26(34)29(16-21-10-7-11-33-21)15-20-12-19-13-23(31-2)24(32-3)14-22(19)28-25(20)30/h4-14,17H,15-16H2,1-3H3,(H,27,34)(H,28,30)/t17-/m0/s1. The molecule has 4 rings (SSSR count). The molecule has 176 valence electrons. The highest BCUT2D eigenvalue weighted by Gasteiger charge is 2.18. The monoisotopic (exact) mass is 477 g/mol. The van der Waals surface area contributed by atoms with Gasteiger partial charge in [-0.15, -0.1) is 0 Å². The van der Waals surface area contributed by atoms with Gasteiger partial charge < -0.3 is 29.1 Å². The van der Waals surface area contributed by atoms with Gasteiger partial charge in [-0.05, 0) is 49.0 Å². The summed E-state index contributed by atoms with van der Waals surface area (Å²) in [4.78, 5) is 17.8. The fourth-order valence-corrected chi connectivity index (χ4v) is 4.10. The molecule has 0 aliphatic carbocycles. The number of nitrogens with one attached hydrogen (secondary N) is 2. The Morgan fingerprint density at radius 2 is 1.79 bits per heavy atom. The van der Waals surface area contributed by atoms with E-state index in [0.29, 0.717) is 40.8 Å². The van der Waals surface area contributed by atoms with Crippen LogP contribution in [0.4, 0.5) is 0 Å². The Hall–Kier alpha value is -3.78. The van der Waals surface area contributed by atoms with Crippen molar-refractivity contribution in [3.05, 3.63) is 94.2 Å². The first-order valence-corrected chi connectivity index (χ1v) is 11.3. The van der Waals surface area contributed by atoms with E-state index < -0.39 is 0 Å². The SMILES string of the molecule is COc1cc2cc(CN(Cc3ccco3)C(=S)N[C@@H](C)c3ccccc3)c(=O)[nH]c2cc1OC. The minimum Gasteiger partial charge on any atom is -0.493 e. The molecule has 8 heteroatoms. The molecule has 34 heavy (non-hydrogen) atoms. The number of H-pyrrole nitrogens is 1. The van der Waals surface area contributed by atoms with E-state index in [1.54, 1.807) is 26.5 Å². The molecule has 0 bridgehead atoms. The van der Waals surface area contributed by atoms with Crippen molar-refractivity contribution in [3.63, 3.8) is 0 Å². The fraction of sp³-hybridized carbons (Fsp3) is 0.231. The summed E-state index contributed by atoms with van der Waals surface area (Å²) in [5, 5.41) is 4.75. The van der Waals surface area contributed by atoms with Crippen molar-refractivity contribution in [2.24, 2.45) is 0 Å². The van der Waals surface area contributed by atoms with Gasteiger partial charge in [0.2, 0.25) is 0 Å². The average molecular weight is 478 g/mol. The molecule has 2 aromatic carbocycles. The highest BCUT2D eigenvalue weighted by Crippen LogP contribution is 2.31. The quantitative estimate of drug-likeness (QED) is 0.354. The Bertz CT molecular complexity index is 1320. The minimum absolute atomic E-state index is 0.000542. The lowest BCUT2D eigenvalue weighted by Crippen LogP contribution is -2.41. The number of aromatic nitrogens is 1. The average Bonchev–Trinajstić information content (AvgIpc) is 3.37. The molecule has 1 atom stereocenters. The van der Waals surface area contributed by atoms with Crippen LogP contribution in [-0.2, 0) is 13.1 Å². The third-order valence-corrected chi connectivity index (χ3v) is 6.02. The van der Waals surface area contributed by atoms with Gasteiger partial charge in [0.1, 0.15) is 5.76 Å². The number of pyridine rings is 1. The van der Waals surface area contributed by atoms with Crippen LogP contribution in [0, 0.1) is 0 Å². The van der Waals surface area contributed by atoms with Gasteiger partial charge in [0.15, 0.2) is 16.6 Å². The van der Waals surface area contributed by atoms with E-state index >= 15 is 0 Å². The minimum atomic E-state index is -0.192. The Balaban J connectivity index is 1.63. The van der Waals surface area contributed by atoms with Crippen molar-refractivity contribution in [1.82, 2.24) is 15.2 Å². The van der Waals surface area contributed by atoms with Crippen LogP contribution in [0.2, 0.25) is 0 Å². The lowest BCUT2D eigenvalue weighted by molar-refractivity contribution is 0.347. The van der Waals surface area contributed by atoms with E-state index in [4.69, 9.17) is 26.1 Å². The zero-order valence-electron chi connectivity index (χ0n) is 19.3. The van der Waals surface area contributed by atoms with Gasteiger partial charge >= 0.3 is 0 Å². The van der Waals surface area contributed by atoms with E-state index in [0.717, 1.165) is 16.7 Å². The summed E-state index contributed by atoms with van der Waals surface area (Å²) in [7, 11) is 3.15. The third kappa shape index (κ3) is 5.23. The molecular weight excluding hydrogens is 450 g/mol. The van der Waals surface area contributed by atoms with E-state index in [2.05, 4.69) is 17.2 Å². The number of hydrogen-bond donors (Lipinski definition) is 2. The van der Waals surface area contributed by atoms with E-state index in [9.17, 15) is 4.79 Å². The van der Waals surface area contributed by atoms with Crippen molar-refractivity contribution < 1.29 is 13.9 Å². The predicted octanol–water partition coefficient (Wildman–Crippen LogP) is 4.78. The summed E-state index contributed by atoms with van der Waals surface area (Å²) in [5.74, 6) is 1.90. The predicted molar refractivity (Wildman–Crippen MR) is 136 cm³/mol. The van der Waals surface area contributed by atoms with Gasteiger partial charge in [-0.2, -0.15) is 0 Å². The summed E-state index contributed by atoms with van der Waals surface area (Å²) >= 11 is 5.76. The van der Waals surface area contributed by atoms with Crippen LogP contribution in [-0.4, -0.2) is 29.2 Å². The Kier molecular flexibility index (Phi) is 7.18. The third-order valence-electron chi connectivity index (χ3n) is 5.64. The van der Waals surface area contributed by atoms with Gasteiger partial charge in [0.25, 0.3) is 5.56 Å². The molecule has 0 saturated heterocycles. The maximum atomic E-state index is 13.0. The highest BCUT2D eigenvalue weighted by atomic mass is 32.1. The van der Waals surface area contributed by atoms with Crippen LogP contribution < -0.4 is 20.3 Å². The second kappa shape index (κ2) is 10.4. The Morgan fingerprint density at radius 3 is 2.47 bits per heavy atom. The summed E-state index contributed by atoms with van der Waals surface area (Å²) in [5.41, 5.74) is 2.17. The molecule has 7 nitrogen and oxygen atoms in total. The van der Waals surface area contributed by atoms with Crippen LogP contribution in [0.1, 0.15) is 29.9 Å². The molecule has 4 aromatic rings. The maximum Gasteiger partial charge on any atom is 0.253 e. The molecule has 0 saturated carbocycles. The molecule has 0 aliphatic rings. The first-order valence-electron chi connectivity index (χ1n) is 10.9. The van der Waals surface area contributed by atoms with Crippen molar-refractivity contribution in [2.45, 2.75) is 26.1 Å². The first-order chi connectivity index (χ1) is 16.5. The van der Waals surface area contributed by atoms with Crippen molar-refractivity contribution in [1.29, 1.82) is 0 Å². The normalized spacial score (nSPS) is 11.7. The van der Waals surface area contributed by atoms with Gasteiger partial charge in [0, 0.05) is 17.0 Å². The largest absolute Gasteiger partial charge is 0.493 e. The lowest BCUT2D eigenvalue weighted by Gasteiger charge is -2.27. The molecule has 2 heterocycles. The van der Waals surface area contributed by atoms with Gasteiger partial charge in [-0.3, -0.25) is 4.79 Å². The Morgan fingerprint density at radius 1 is 1.06 bits per heavy atom. The number of furan rings is 1. The van der Waals surface area contributed by atoms with E-state index in [1.807, 2.05) is 59.5 Å². The number of methoxy groups -OCH3 is 2. The summed E-state index contributed by atoms with van der Waals surface area (Å²) in [6.07, 6.45) is 1.62. The number of benzene rings is 2. The first kappa shape index (κ1) is 23.4. The fourth-order valence-electron chi connectivity index (χ4n) is 3.79. The van der Waals surface area contributed by atoms with Crippen LogP contribution >= 0.6 is 12.2 Å². The van der Waals surface area contributed by atoms with E-state index in [1.165, 1.54) is 0 Å². The van der Waals surface area contributed by atoms with Gasteiger partial charge in [0.05, 0.1) is 45.1 Å². The second-order valence-corrected chi connectivity index (χ2v) is 8.32. The lowest BCUT2D eigenvalue weighted by atomic mass is 10.1. The van der Waals surface area contributed by atoms with Crippen LogP contribution in [0.5, 0.6) is 11.5 Å². The molecule has 0 radical (unpaired) electrons. The number of nitrogens with zero attached hydrogens (tertiary/aromatic N) is 1. The van der Waals surface area contributed by atoms with Crippen LogP contribution in [0.15, 0.2) is 76.1 Å². The topological polar surface area (TPSA) is 79.7 Å². The molecule has 0 spiro atoms. The molecule has 2 aromatic heterocycles. The summed E-state index contributed by atoms with van der Waals surface area (Å²) in [6, 6.07) is 19.2. The van der Waals surface area contributed by atoms with Crippen molar-refractivity contribution >= 4 is 28.2 Å². The van der Waals surface area contributed by atoms with Crippen LogP contribution in [0.25, 0.3) is 10.9 Å². The number of rotatable bonds is 8. The summed E-state index contributed by atoms with van der Waals surface area (Å²) in [6.45, 7) is 2.77. The molecule has 0 unspecified atom stereocenters. The molecule has 0 aliphatic heterocycles. The number of thiocarbonyl (C=S) groups is 1. The van der Waals surface area contributed by atoms with Crippen molar-refractivity contribution in [3.8, 4) is 11.5 Å². The van der Waals surface area contributed by atoms with Gasteiger partial charge in [-0.1, -0.05) is 30.3 Å².